The summed E-state index contributed by atoms with van der Waals surface area (Å²) in [4.78, 5) is 7.24. The smallest absolute Gasteiger partial charge is 0.193 e. The van der Waals surface area contributed by atoms with E-state index in [1.54, 1.807) is 0 Å². The van der Waals surface area contributed by atoms with Crippen molar-refractivity contribution in [1.82, 2.24) is 20.0 Å². The van der Waals surface area contributed by atoms with E-state index in [0.717, 1.165) is 83.3 Å². The fourth-order valence-electron chi connectivity index (χ4n) is 4.15. The van der Waals surface area contributed by atoms with Gasteiger partial charge in [0.25, 0.3) is 0 Å². The van der Waals surface area contributed by atoms with Gasteiger partial charge in [0.1, 0.15) is 0 Å². The molecule has 1 atom stereocenters. The number of ether oxygens (including phenoxy) is 2. The van der Waals surface area contributed by atoms with Crippen molar-refractivity contribution in [2.24, 2.45) is 4.99 Å². The minimum absolute atomic E-state index is 0.308. The van der Waals surface area contributed by atoms with Crippen LogP contribution in [0.25, 0.3) is 0 Å². The summed E-state index contributed by atoms with van der Waals surface area (Å²) in [5.41, 5.74) is 2.30. The molecule has 0 radical (unpaired) electrons. The number of nitrogens with one attached hydrogen (secondary N) is 1. The van der Waals surface area contributed by atoms with E-state index in [2.05, 4.69) is 39.9 Å². The van der Waals surface area contributed by atoms with Crippen LogP contribution in [0.1, 0.15) is 56.8 Å². The fraction of sp³-hybridized carbons (Fsp3) is 0.818. The molecule has 2 aliphatic rings. The molecule has 0 bridgehead atoms. The Balaban J connectivity index is 1.39. The van der Waals surface area contributed by atoms with Gasteiger partial charge >= 0.3 is 0 Å². The zero-order chi connectivity index (χ0) is 20.5. The van der Waals surface area contributed by atoms with E-state index in [-0.39, 0.29) is 0 Å². The lowest BCUT2D eigenvalue weighted by Crippen LogP contribution is -2.47. The van der Waals surface area contributed by atoms with Crippen molar-refractivity contribution in [3.63, 3.8) is 0 Å². The molecule has 7 nitrogen and oxygen atoms in total. The Morgan fingerprint density at radius 1 is 1.28 bits per heavy atom. The van der Waals surface area contributed by atoms with Crippen LogP contribution in [-0.2, 0) is 16.0 Å². The first-order valence-electron chi connectivity index (χ1n) is 11.4. The first kappa shape index (κ1) is 22.1. The Morgan fingerprint density at radius 3 is 2.76 bits per heavy atom. The van der Waals surface area contributed by atoms with Crippen molar-refractivity contribution < 1.29 is 9.47 Å². The summed E-state index contributed by atoms with van der Waals surface area (Å²) < 4.78 is 14.0. The van der Waals surface area contributed by atoms with Gasteiger partial charge in [-0.3, -0.25) is 9.67 Å². The molecule has 3 rings (SSSR count). The highest BCUT2D eigenvalue weighted by atomic mass is 16.5. The number of aromatic nitrogens is 2. The Morgan fingerprint density at radius 2 is 2.10 bits per heavy atom. The van der Waals surface area contributed by atoms with Crippen molar-refractivity contribution in [2.45, 2.75) is 78.0 Å². The number of guanidine groups is 1. The summed E-state index contributed by atoms with van der Waals surface area (Å²) in [6.07, 6.45) is 7.39. The molecule has 0 spiro atoms. The van der Waals surface area contributed by atoms with Crippen molar-refractivity contribution in [3.8, 4) is 0 Å². The number of nitrogens with zero attached hydrogens (tertiary/aromatic N) is 4. The van der Waals surface area contributed by atoms with Crippen molar-refractivity contribution in [2.75, 3.05) is 39.4 Å². The van der Waals surface area contributed by atoms with Crippen LogP contribution < -0.4 is 5.32 Å². The zero-order valence-electron chi connectivity index (χ0n) is 18.5. The van der Waals surface area contributed by atoms with E-state index < -0.39 is 0 Å². The zero-order valence-corrected chi connectivity index (χ0v) is 18.5. The van der Waals surface area contributed by atoms with Gasteiger partial charge in [0.05, 0.1) is 24.5 Å². The predicted molar refractivity (Wildman–Crippen MR) is 116 cm³/mol. The fourth-order valence-corrected chi connectivity index (χ4v) is 4.15. The summed E-state index contributed by atoms with van der Waals surface area (Å²) >= 11 is 0. The lowest BCUT2D eigenvalue weighted by atomic mass is 10.1. The second-order valence-corrected chi connectivity index (χ2v) is 8.25. The molecule has 0 aromatic carbocycles. The minimum Gasteiger partial charge on any atom is -0.376 e. The molecule has 29 heavy (non-hydrogen) atoms. The lowest BCUT2D eigenvalue weighted by Gasteiger charge is -2.35. The molecule has 2 aliphatic heterocycles. The molecule has 1 aromatic heterocycles. The first-order chi connectivity index (χ1) is 14.2. The maximum atomic E-state index is 6.15. The molecule has 1 unspecified atom stereocenters. The van der Waals surface area contributed by atoms with Gasteiger partial charge in [-0.2, -0.15) is 5.10 Å². The Hall–Kier alpha value is -1.60. The van der Waals surface area contributed by atoms with Crippen LogP contribution in [0.15, 0.2) is 11.1 Å². The third kappa shape index (κ3) is 7.00. The van der Waals surface area contributed by atoms with Gasteiger partial charge in [-0.25, -0.2) is 0 Å². The number of hydrogen-bond donors (Lipinski definition) is 1. The lowest BCUT2D eigenvalue weighted by molar-refractivity contribution is -0.0721. The molecule has 7 heteroatoms. The summed E-state index contributed by atoms with van der Waals surface area (Å²) in [7, 11) is 0. The molecule has 0 saturated carbocycles. The number of aliphatic imine (C=N–C) groups is 1. The molecule has 0 aliphatic carbocycles. The summed E-state index contributed by atoms with van der Waals surface area (Å²) in [6.45, 7) is 12.6. The predicted octanol–water partition coefficient (Wildman–Crippen LogP) is 2.91. The van der Waals surface area contributed by atoms with Crippen molar-refractivity contribution >= 4 is 5.96 Å². The summed E-state index contributed by atoms with van der Waals surface area (Å²) in [5.74, 6) is 1.04. The molecule has 3 heterocycles. The normalized spacial score (nSPS) is 21.6. The number of rotatable bonds is 8. The van der Waals surface area contributed by atoms with Gasteiger partial charge in [-0.15, -0.1) is 0 Å². The van der Waals surface area contributed by atoms with Crippen LogP contribution in [0, 0.1) is 13.8 Å². The third-order valence-electron chi connectivity index (χ3n) is 5.76. The first-order valence-corrected chi connectivity index (χ1v) is 11.4. The maximum absolute atomic E-state index is 6.15. The number of aryl methyl sites for hydroxylation is 3. The monoisotopic (exact) mass is 405 g/mol. The van der Waals surface area contributed by atoms with Crippen LogP contribution in [0.3, 0.4) is 0 Å². The van der Waals surface area contributed by atoms with Gasteiger partial charge < -0.3 is 19.7 Å². The highest BCUT2D eigenvalue weighted by molar-refractivity contribution is 5.80. The Labute approximate surface area is 175 Å². The molecular weight excluding hydrogens is 366 g/mol. The second-order valence-electron chi connectivity index (χ2n) is 8.25. The average Bonchev–Trinajstić information content (AvgIpc) is 3.07. The highest BCUT2D eigenvalue weighted by Crippen LogP contribution is 2.18. The Bertz CT molecular complexity index is 631. The van der Waals surface area contributed by atoms with Gasteiger partial charge in [-0.1, -0.05) is 0 Å². The van der Waals surface area contributed by atoms with Gasteiger partial charge in [0.2, 0.25) is 0 Å². The van der Waals surface area contributed by atoms with E-state index in [9.17, 15) is 0 Å². The Kier molecular flexibility index (Phi) is 8.80. The average molecular weight is 406 g/mol. The molecule has 164 valence electrons. The SMILES string of the molecule is CCNC(=NCCCn1nc(C)cc1C)N1CCC(OCC2CCCCO2)CC1. The number of piperidine rings is 1. The van der Waals surface area contributed by atoms with E-state index in [4.69, 9.17) is 14.5 Å². The molecule has 2 saturated heterocycles. The van der Waals surface area contributed by atoms with Crippen molar-refractivity contribution in [3.05, 3.63) is 17.5 Å². The summed E-state index contributed by atoms with van der Waals surface area (Å²) in [5, 5.41) is 7.99. The largest absolute Gasteiger partial charge is 0.376 e. The third-order valence-corrected chi connectivity index (χ3v) is 5.76. The van der Waals surface area contributed by atoms with Crippen LogP contribution in [0.2, 0.25) is 0 Å². The van der Waals surface area contributed by atoms with Gasteiger partial charge in [-0.05, 0) is 65.4 Å². The van der Waals surface area contributed by atoms with E-state index in [1.165, 1.54) is 18.5 Å². The van der Waals surface area contributed by atoms with E-state index in [0.29, 0.717) is 12.2 Å². The van der Waals surface area contributed by atoms with Crippen LogP contribution >= 0.6 is 0 Å². The van der Waals surface area contributed by atoms with Gasteiger partial charge in [0, 0.05) is 45.0 Å². The van der Waals surface area contributed by atoms with E-state index in [1.807, 2.05) is 6.92 Å². The second kappa shape index (κ2) is 11.6. The number of likely N-dealkylation sites (tertiary alicyclic amines) is 1. The molecule has 0 amide bonds. The van der Waals surface area contributed by atoms with Crippen molar-refractivity contribution in [1.29, 1.82) is 0 Å². The van der Waals surface area contributed by atoms with E-state index >= 15 is 0 Å². The standard InChI is InChI=1S/C22H39N5O2/c1-4-23-22(24-11-7-12-27-19(3)16-18(2)25-27)26-13-9-20(10-14-26)29-17-21-8-5-6-15-28-21/h16,20-21H,4-15,17H2,1-3H3,(H,23,24). The summed E-state index contributed by atoms with van der Waals surface area (Å²) in [6, 6.07) is 2.12. The topological polar surface area (TPSA) is 63.9 Å². The molecule has 1 aromatic rings. The number of hydrogen-bond acceptors (Lipinski definition) is 4. The van der Waals surface area contributed by atoms with Crippen LogP contribution in [-0.4, -0.2) is 72.2 Å². The minimum atomic E-state index is 0.308. The van der Waals surface area contributed by atoms with Gasteiger partial charge in [0.15, 0.2) is 5.96 Å². The molecular formula is C22H39N5O2. The molecule has 1 N–H and O–H groups in total. The quantitative estimate of drug-likeness (QED) is 0.409. The molecule has 2 fully saturated rings. The van der Waals surface area contributed by atoms with Crippen LogP contribution in [0.4, 0.5) is 0 Å². The maximum Gasteiger partial charge on any atom is 0.193 e. The highest BCUT2D eigenvalue weighted by Gasteiger charge is 2.23. The van der Waals surface area contributed by atoms with Crippen LogP contribution in [0.5, 0.6) is 0 Å².